The van der Waals surface area contributed by atoms with Crippen molar-refractivity contribution in [2.75, 3.05) is 18.0 Å². The molecule has 1 aliphatic heterocycles. The second-order valence-corrected chi connectivity index (χ2v) is 4.41. The first-order chi connectivity index (χ1) is 7.72. The molecule has 1 aromatic carbocycles. The minimum Gasteiger partial charge on any atom is -0.367 e. The van der Waals surface area contributed by atoms with E-state index in [-0.39, 0.29) is 5.69 Å². The van der Waals surface area contributed by atoms with Crippen molar-refractivity contribution < 1.29 is 8.78 Å². The van der Waals surface area contributed by atoms with Crippen molar-refractivity contribution in [1.82, 2.24) is 0 Å². The fourth-order valence-electron chi connectivity index (χ4n) is 2.36. The van der Waals surface area contributed by atoms with Crippen molar-refractivity contribution in [2.45, 2.75) is 26.2 Å². The Labute approximate surface area is 95.1 Å². The molecular weight excluding hydrogens is 208 g/mol. The Balaban J connectivity index is 2.14. The monoisotopic (exact) mass is 225 g/mol. The summed E-state index contributed by atoms with van der Waals surface area (Å²) in [5.74, 6) is -0.184. The summed E-state index contributed by atoms with van der Waals surface area (Å²) in [7, 11) is 0. The van der Waals surface area contributed by atoms with E-state index in [4.69, 9.17) is 0 Å². The lowest BCUT2D eigenvalue weighted by atomic mass is 9.94. The summed E-state index contributed by atoms with van der Waals surface area (Å²) in [6, 6.07) is 4.06. The molecule has 0 aliphatic carbocycles. The van der Waals surface area contributed by atoms with Gasteiger partial charge in [0.2, 0.25) is 0 Å². The Morgan fingerprint density at radius 1 is 1.19 bits per heavy atom. The number of nitrogens with zero attached hydrogens (tertiary/aromatic N) is 1. The normalized spacial score (nSPS) is 17.8. The van der Waals surface area contributed by atoms with Crippen LogP contribution in [0.3, 0.4) is 0 Å². The van der Waals surface area contributed by atoms with Gasteiger partial charge in [-0.3, -0.25) is 0 Å². The molecule has 0 saturated carbocycles. The number of para-hydroxylation sites is 1. The van der Waals surface area contributed by atoms with Crippen LogP contribution in [0, 0.1) is 17.6 Å². The molecule has 0 unspecified atom stereocenters. The van der Waals surface area contributed by atoms with Crippen LogP contribution in [0.4, 0.5) is 14.5 Å². The van der Waals surface area contributed by atoms with Gasteiger partial charge in [-0.15, -0.1) is 0 Å². The summed E-state index contributed by atoms with van der Waals surface area (Å²) >= 11 is 0. The minimum absolute atomic E-state index is 0.150. The number of halogens is 2. The average molecular weight is 225 g/mol. The van der Waals surface area contributed by atoms with Gasteiger partial charge in [0.25, 0.3) is 0 Å². The van der Waals surface area contributed by atoms with Crippen LogP contribution in [-0.4, -0.2) is 13.1 Å². The molecule has 1 aliphatic rings. The van der Waals surface area contributed by atoms with E-state index in [1.54, 1.807) is 0 Å². The molecule has 2 rings (SSSR count). The lowest BCUT2D eigenvalue weighted by molar-refractivity contribution is 0.389. The highest BCUT2D eigenvalue weighted by atomic mass is 19.1. The second-order valence-electron chi connectivity index (χ2n) is 4.41. The number of piperidine rings is 1. The zero-order valence-electron chi connectivity index (χ0n) is 9.55. The molecule has 0 atom stereocenters. The molecule has 0 radical (unpaired) electrons. The van der Waals surface area contributed by atoms with Gasteiger partial charge >= 0.3 is 0 Å². The molecule has 1 nitrogen and oxygen atoms in total. The quantitative estimate of drug-likeness (QED) is 0.743. The molecule has 1 heterocycles. The Bertz CT molecular complexity index is 337. The summed E-state index contributed by atoms with van der Waals surface area (Å²) in [6.07, 6.45) is 3.22. The summed E-state index contributed by atoms with van der Waals surface area (Å²) in [5, 5.41) is 0. The third kappa shape index (κ3) is 2.18. The zero-order valence-corrected chi connectivity index (χ0v) is 9.55. The highest BCUT2D eigenvalue weighted by molar-refractivity contribution is 5.49. The first-order valence-electron chi connectivity index (χ1n) is 5.91. The molecule has 0 bridgehead atoms. The van der Waals surface area contributed by atoms with E-state index >= 15 is 0 Å². The zero-order chi connectivity index (χ0) is 11.5. The Hall–Kier alpha value is -1.12. The van der Waals surface area contributed by atoms with Crippen LogP contribution in [0.25, 0.3) is 0 Å². The van der Waals surface area contributed by atoms with Gasteiger partial charge < -0.3 is 4.90 Å². The van der Waals surface area contributed by atoms with Crippen molar-refractivity contribution >= 4 is 5.69 Å². The van der Waals surface area contributed by atoms with Gasteiger partial charge in [-0.2, -0.15) is 0 Å². The number of rotatable bonds is 2. The van der Waals surface area contributed by atoms with Crippen LogP contribution in [-0.2, 0) is 0 Å². The summed E-state index contributed by atoms with van der Waals surface area (Å²) in [4.78, 5) is 1.83. The molecule has 3 heteroatoms. The van der Waals surface area contributed by atoms with Crippen LogP contribution < -0.4 is 4.90 Å². The van der Waals surface area contributed by atoms with Gasteiger partial charge in [-0.05, 0) is 30.9 Å². The predicted octanol–water partition coefficient (Wildman–Crippen LogP) is 3.59. The van der Waals surface area contributed by atoms with Crippen LogP contribution in [0.2, 0.25) is 0 Å². The Morgan fingerprint density at radius 2 is 1.75 bits per heavy atom. The summed E-state index contributed by atoms with van der Waals surface area (Å²) in [5.41, 5.74) is 0.150. The van der Waals surface area contributed by atoms with Gasteiger partial charge in [-0.25, -0.2) is 8.78 Å². The maximum absolute atomic E-state index is 13.5. The molecule has 88 valence electrons. The number of hydrogen-bond donors (Lipinski definition) is 0. The van der Waals surface area contributed by atoms with Crippen LogP contribution in [0.5, 0.6) is 0 Å². The third-order valence-corrected chi connectivity index (χ3v) is 3.45. The molecule has 0 N–H and O–H groups in total. The first kappa shape index (κ1) is 11.4. The van der Waals surface area contributed by atoms with Gasteiger partial charge in [0, 0.05) is 13.1 Å². The maximum Gasteiger partial charge on any atom is 0.149 e. The first-order valence-corrected chi connectivity index (χ1v) is 5.91. The molecule has 1 aromatic rings. The van der Waals surface area contributed by atoms with E-state index < -0.39 is 11.6 Å². The SMILES string of the molecule is CCC1CCN(c2c(F)cccc2F)CC1. The molecule has 0 spiro atoms. The lowest BCUT2D eigenvalue weighted by Gasteiger charge is -2.33. The largest absolute Gasteiger partial charge is 0.367 e. The smallest absolute Gasteiger partial charge is 0.149 e. The number of benzene rings is 1. The van der Waals surface area contributed by atoms with Gasteiger partial charge in [0.15, 0.2) is 0 Å². The van der Waals surface area contributed by atoms with E-state index in [1.165, 1.54) is 18.2 Å². The number of anilines is 1. The maximum atomic E-state index is 13.5. The highest BCUT2D eigenvalue weighted by Crippen LogP contribution is 2.28. The second kappa shape index (κ2) is 4.81. The van der Waals surface area contributed by atoms with Crippen LogP contribution in [0.1, 0.15) is 26.2 Å². The van der Waals surface area contributed by atoms with Crippen molar-refractivity contribution in [3.63, 3.8) is 0 Å². The van der Waals surface area contributed by atoms with Gasteiger partial charge in [-0.1, -0.05) is 19.4 Å². The molecular formula is C13H17F2N. The number of hydrogen-bond acceptors (Lipinski definition) is 1. The van der Waals surface area contributed by atoms with Gasteiger partial charge in [0.05, 0.1) is 0 Å². The van der Waals surface area contributed by atoms with Crippen LogP contribution >= 0.6 is 0 Å². The van der Waals surface area contributed by atoms with E-state index in [0.717, 1.165) is 32.4 Å². The third-order valence-electron chi connectivity index (χ3n) is 3.45. The van der Waals surface area contributed by atoms with E-state index in [1.807, 2.05) is 4.90 Å². The average Bonchev–Trinajstić information content (AvgIpc) is 2.30. The predicted molar refractivity (Wildman–Crippen MR) is 61.6 cm³/mol. The minimum atomic E-state index is -0.449. The molecule has 1 fully saturated rings. The van der Waals surface area contributed by atoms with Crippen molar-refractivity contribution in [3.05, 3.63) is 29.8 Å². The van der Waals surface area contributed by atoms with Crippen molar-refractivity contribution in [2.24, 2.45) is 5.92 Å². The standard InChI is InChI=1S/C13H17F2N/c1-2-10-6-8-16(9-7-10)13-11(14)4-3-5-12(13)15/h3-5,10H,2,6-9H2,1H3. The van der Waals surface area contributed by atoms with Gasteiger partial charge in [0.1, 0.15) is 17.3 Å². The fraction of sp³-hybridized carbons (Fsp3) is 0.538. The molecule has 0 amide bonds. The molecule has 0 aromatic heterocycles. The van der Waals surface area contributed by atoms with Crippen LogP contribution in [0.15, 0.2) is 18.2 Å². The topological polar surface area (TPSA) is 3.24 Å². The summed E-state index contributed by atoms with van der Waals surface area (Å²) in [6.45, 7) is 3.69. The molecule has 1 saturated heterocycles. The van der Waals surface area contributed by atoms with Crippen molar-refractivity contribution in [1.29, 1.82) is 0 Å². The van der Waals surface area contributed by atoms with E-state index in [9.17, 15) is 8.78 Å². The Kier molecular flexibility index (Phi) is 3.42. The van der Waals surface area contributed by atoms with Crippen molar-refractivity contribution in [3.8, 4) is 0 Å². The Morgan fingerprint density at radius 3 is 2.25 bits per heavy atom. The molecule has 16 heavy (non-hydrogen) atoms. The van der Waals surface area contributed by atoms with E-state index in [2.05, 4.69) is 6.92 Å². The highest BCUT2D eigenvalue weighted by Gasteiger charge is 2.22. The fourth-order valence-corrected chi connectivity index (χ4v) is 2.36. The van der Waals surface area contributed by atoms with E-state index in [0.29, 0.717) is 5.92 Å². The lowest BCUT2D eigenvalue weighted by Crippen LogP contribution is -2.34. The summed E-state index contributed by atoms with van der Waals surface area (Å²) < 4.78 is 27.1.